The van der Waals surface area contributed by atoms with E-state index in [2.05, 4.69) is 4.99 Å². The van der Waals surface area contributed by atoms with Gasteiger partial charge in [0.25, 0.3) is 0 Å². The Bertz CT molecular complexity index is 146. The maximum Gasteiger partial charge on any atom is 0.119 e. The lowest BCUT2D eigenvalue weighted by Crippen LogP contribution is -2.16. The molecule has 0 aromatic carbocycles. The number of amidine groups is 1. The monoisotopic (exact) mass is 111 g/mol. The van der Waals surface area contributed by atoms with Crippen molar-refractivity contribution in [1.82, 2.24) is 0 Å². The Morgan fingerprint density at radius 2 is 2.25 bits per heavy atom. The summed E-state index contributed by atoms with van der Waals surface area (Å²) in [6.45, 7) is 0.744. The van der Waals surface area contributed by atoms with Crippen LogP contribution in [0.1, 0.15) is 6.42 Å². The van der Waals surface area contributed by atoms with Crippen LogP contribution in [0.5, 0.6) is 0 Å². The molecule has 0 bridgehead atoms. The Labute approximate surface area is 48.1 Å². The summed E-state index contributed by atoms with van der Waals surface area (Å²) in [5, 5.41) is 0. The van der Waals surface area contributed by atoms with Gasteiger partial charge in [-0.25, -0.2) is 0 Å². The average molecular weight is 111 g/mol. The Morgan fingerprint density at radius 1 is 1.50 bits per heavy atom. The molecule has 0 atom stereocenters. The summed E-state index contributed by atoms with van der Waals surface area (Å²) in [5.74, 6) is 0.550. The molecule has 3 nitrogen and oxygen atoms in total. The topological polar surface area (TPSA) is 64.4 Å². The van der Waals surface area contributed by atoms with E-state index >= 15 is 0 Å². The lowest BCUT2D eigenvalue weighted by molar-refractivity contribution is 0.918. The molecule has 0 amide bonds. The summed E-state index contributed by atoms with van der Waals surface area (Å²) in [6, 6.07) is 0. The number of aliphatic imine (C=N–C) groups is 1. The molecule has 0 fully saturated rings. The first-order chi connectivity index (χ1) is 3.79. The van der Waals surface area contributed by atoms with E-state index in [-0.39, 0.29) is 0 Å². The highest BCUT2D eigenvalue weighted by atomic mass is 14.9. The van der Waals surface area contributed by atoms with Gasteiger partial charge in [0.1, 0.15) is 5.84 Å². The zero-order valence-electron chi connectivity index (χ0n) is 4.59. The summed E-state index contributed by atoms with van der Waals surface area (Å²) >= 11 is 0. The van der Waals surface area contributed by atoms with Crippen molar-refractivity contribution in [2.75, 3.05) is 6.54 Å². The molecule has 0 saturated heterocycles. The summed E-state index contributed by atoms with van der Waals surface area (Å²) in [7, 11) is 0. The largest absolute Gasteiger partial charge is 0.402 e. The third-order valence-corrected chi connectivity index (χ3v) is 1.03. The number of dihydropyridines is 1. The van der Waals surface area contributed by atoms with Crippen LogP contribution in [0.4, 0.5) is 0 Å². The quantitative estimate of drug-likeness (QED) is 0.446. The number of nitrogens with two attached hydrogens (primary N) is 2. The third kappa shape index (κ3) is 0.992. The van der Waals surface area contributed by atoms with Crippen LogP contribution in [-0.4, -0.2) is 12.4 Å². The van der Waals surface area contributed by atoms with Crippen molar-refractivity contribution >= 4 is 5.84 Å². The molecule has 0 aliphatic carbocycles. The molecule has 3 heteroatoms. The van der Waals surface area contributed by atoms with Gasteiger partial charge in [0.15, 0.2) is 0 Å². The standard InChI is InChI=1S/C5H9N3/c6-4-1-2-8-5(7)3-4/h3H,1-2,6H2,(H2,7,8). The molecule has 44 valence electrons. The Hall–Kier alpha value is -0.990. The zero-order valence-corrected chi connectivity index (χ0v) is 4.59. The van der Waals surface area contributed by atoms with Crippen LogP contribution >= 0.6 is 0 Å². The van der Waals surface area contributed by atoms with Gasteiger partial charge in [-0.3, -0.25) is 4.99 Å². The van der Waals surface area contributed by atoms with Crippen LogP contribution in [0, 0.1) is 0 Å². The van der Waals surface area contributed by atoms with E-state index in [1.54, 1.807) is 6.08 Å². The molecule has 0 aromatic rings. The predicted molar refractivity (Wildman–Crippen MR) is 33.4 cm³/mol. The van der Waals surface area contributed by atoms with Crippen LogP contribution in [0.2, 0.25) is 0 Å². The first kappa shape index (κ1) is 5.15. The SMILES string of the molecule is NC1=CC(N)=NCC1. The molecule has 0 aromatic heterocycles. The number of hydrogen-bond donors (Lipinski definition) is 2. The minimum atomic E-state index is 0.550. The first-order valence-electron chi connectivity index (χ1n) is 2.55. The molecule has 1 aliphatic heterocycles. The Morgan fingerprint density at radius 3 is 2.62 bits per heavy atom. The van der Waals surface area contributed by atoms with Crippen molar-refractivity contribution in [2.45, 2.75) is 6.42 Å². The second-order valence-electron chi connectivity index (χ2n) is 1.78. The molecule has 1 heterocycles. The van der Waals surface area contributed by atoms with Crippen LogP contribution in [-0.2, 0) is 0 Å². The zero-order chi connectivity index (χ0) is 5.98. The van der Waals surface area contributed by atoms with Crippen molar-refractivity contribution in [1.29, 1.82) is 0 Å². The van der Waals surface area contributed by atoms with Gasteiger partial charge in [-0.2, -0.15) is 0 Å². The minimum absolute atomic E-state index is 0.550. The first-order valence-corrected chi connectivity index (χ1v) is 2.55. The van der Waals surface area contributed by atoms with E-state index in [1.807, 2.05) is 0 Å². The highest BCUT2D eigenvalue weighted by Gasteiger charge is 1.97. The maximum absolute atomic E-state index is 5.43. The van der Waals surface area contributed by atoms with Crippen LogP contribution in [0.3, 0.4) is 0 Å². The van der Waals surface area contributed by atoms with Crippen molar-refractivity contribution in [2.24, 2.45) is 16.5 Å². The van der Waals surface area contributed by atoms with Gasteiger partial charge >= 0.3 is 0 Å². The summed E-state index contributed by atoms with van der Waals surface area (Å²) in [6.07, 6.45) is 2.55. The van der Waals surface area contributed by atoms with Crippen LogP contribution in [0.25, 0.3) is 0 Å². The van der Waals surface area contributed by atoms with Gasteiger partial charge in [0.05, 0.1) is 0 Å². The van der Waals surface area contributed by atoms with Crippen molar-refractivity contribution in [3.63, 3.8) is 0 Å². The van der Waals surface area contributed by atoms with Gasteiger partial charge in [-0.15, -0.1) is 0 Å². The van der Waals surface area contributed by atoms with E-state index in [0.29, 0.717) is 5.84 Å². The van der Waals surface area contributed by atoms with E-state index < -0.39 is 0 Å². The molecule has 0 radical (unpaired) electrons. The second-order valence-corrected chi connectivity index (χ2v) is 1.78. The average Bonchev–Trinajstić information content (AvgIpc) is 1.64. The Balaban J connectivity index is 2.69. The fourth-order valence-corrected chi connectivity index (χ4v) is 0.622. The fraction of sp³-hybridized carbons (Fsp3) is 0.400. The minimum Gasteiger partial charge on any atom is -0.402 e. The highest BCUT2D eigenvalue weighted by Crippen LogP contribution is 1.97. The Kier molecular flexibility index (Phi) is 1.20. The molecule has 0 saturated carbocycles. The summed E-state index contributed by atoms with van der Waals surface area (Å²) < 4.78 is 0. The summed E-state index contributed by atoms with van der Waals surface area (Å²) in [5.41, 5.74) is 11.6. The molecule has 1 aliphatic rings. The van der Waals surface area contributed by atoms with Gasteiger partial charge in [0, 0.05) is 18.7 Å². The molecular weight excluding hydrogens is 102 g/mol. The molecular formula is C5H9N3. The van der Waals surface area contributed by atoms with Crippen molar-refractivity contribution in [3.05, 3.63) is 11.8 Å². The third-order valence-electron chi connectivity index (χ3n) is 1.03. The predicted octanol–water partition coefficient (Wildman–Crippen LogP) is -0.410. The van der Waals surface area contributed by atoms with E-state index in [0.717, 1.165) is 18.7 Å². The lowest BCUT2D eigenvalue weighted by atomic mass is 10.2. The smallest absolute Gasteiger partial charge is 0.119 e. The van der Waals surface area contributed by atoms with Gasteiger partial charge in [-0.05, 0) is 6.08 Å². The van der Waals surface area contributed by atoms with E-state index in [1.165, 1.54) is 0 Å². The molecule has 0 spiro atoms. The molecule has 4 N–H and O–H groups in total. The number of nitrogens with zero attached hydrogens (tertiary/aromatic N) is 1. The van der Waals surface area contributed by atoms with Crippen molar-refractivity contribution < 1.29 is 0 Å². The van der Waals surface area contributed by atoms with Crippen LogP contribution < -0.4 is 11.5 Å². The number of hydrogen-bond acceptors (Lipinski definition) is 3. The fourth-order valence-electron chi connectivity index (χ4n) is 0.622. The molecule has 8 heavy (non-hydrogen) atoms. The lowest BCUT2D eigenvalue weighted by Gasteiger charge is -2.03. The van der Waals surface area contributed by atoms with Gasteiger partial charge < -0.3 is 11.5 Å². The maximum atomic E-state index is 5.43. The van der Waals surface area contributed by atoms with Crippen LogP contribution in [0.15, 0.2) is 16.8 Å². The van der Waals surface area contributed by atoms with Gasteiger partial charge in [0.2, 0.25) is 0 Å². The second kappa shape index (κ2) is 1.86. The highest BCUT2D eigenvalue weighted by molar-refractivity contribution is 5.92. The number of rotatable bonds is 0. The molecule has 0 unspecified atom stereocenters. The van der Waals surface area contributed by atoms with Crippen molar-refractivity contribution in [3.8, 4) is 0 Å². The van der Waals surface area contributed by atoms with E-state index in [4.69, 9.17) is 11.5 Å². The normalized spacial score (nSPS) is 19.5. The summed E-state index contributed by atoms with van der Waals surface area (Å²) in [4.78, 5) is 3.92. The molecule has 1 rings (SSSR count). The van der Waals surface area contributed by atoms with E-state index in [9.17, 15) is 0 Å². The van der Waals surface area contributed by atoms with Gasteiger partial charge in [-0.1, -0.05) is 0 Å².